The summed E-state index contributed by atoms with van der Waals surface area (Å²) < 4.78 is 2.15. The lowest BCUT2D eigenvalue weighted by atomic mass is 10.2. The highest BCUT2D eigenvalue weighted by molar-refractivity contribution is 5.56. The van der Waals surface area contributed by atoms with Crippen LogP contribution in [0.2, 0.25) is 0 Å². The first-order chi connectivity index (χ1) is 11.8. The van der Waals surface area contributed by atoms with Crippen molar-refractivity contribution in [2.45, 2.75) is 38.8 Å². The molecule has 24 heavy (non-hydrogen) atoms. The van der Waals surface area contributed by atoms with Crippen LogP contribution in [0, 0.1) is 0 Å². The van der Waals surface area contributed by atoms with E-state index in [0.717, 1.165) is 29.3 Å². The van der Waals surface area contributed by atoms with Gasteiger partial charge in [-0.15, -0.1) is 10.2 Å². The van der Waals surface area contributed by atoms with Gasteiger partial charge in [0.15, 0.2) is 11.6 Å². The second-order valence-electron chi connectivity index (χ2n) is 5.90. The summed E-state index contributed by atoms with van der Waals surface area (Å²) >= 11 is 0. The summed E-state index contributed by atoms with van der Waals surface area (Å²) in [6, 6.07) is 6.40. The summed E-state index contributed by atoms with van der Waals surface area (Å²) in [5.41, 5.74) is 1.97. The summed E-state index contributed by atoms with van der Waals surface area (Å²) in [6.45, 7) is 2.69. The summed E-state index contributed by atoms with van der Waals surface area (Å²) in [7, 11) is 0. The number of rotatable bonds is 6. The van der Waals surface area contributed by atoms with Gasteiger partial charge in [0.1, 0.15) is 12.1 Å². The van der Waals surface area contributed by atoms with Gasteiger partial charge >= 0.3 is 0 Å². The van der Waals surface area contributed by atoms with Gasteiger partial charge in [0.25, 0.3) is 0 Å². The minimum absolute atomic E-state index is 0.570. The molecule has 1 aliphatic rings. The van der Waals surface area contributed by atoms with Crippen LogP contribution in [0.4, 0.5) is 5.82 Å². The van der Waals surface area contributed by atoms with Crippen LogP contribution in [0.1, 0.15) is 37.3 Å². The Kier molecular flexibility index (Phi) is 3.90. The first-order valence-corrected chi connectivity index (χ1v) is 8.24. The third-order valence-electron chi connectivity index (χ3n) is 4.10. The number of aryl methyl sites for hydroxylation is 1. The zero-order valence-corrected chi connectivity index (χ0v) is 13.6. The molecule has 4 rings (SSSR count). The van der Waals surface area contributed by atoms with Crippen LogP contribution in [-0.4, -0.2) is 29.7 Å². The molecule has 1 aliphatic carbocycles. The zero-order chi connectivity index (χ0) is 16.4. The van der Waals surface area contributed by atoms with Gasteiger partial charge < -0.3 is 9.88 Å². The standard InChI is InChI=1S/C17H19N7/c1-2-13-9-15(22-17(21-13)12-5-7-18-8-6-12)19-10-16-23-20-11-24(16)14-3-4-14/h5-9,11,14H,2-4,10H2,1H3,(H,19,21,22). The minimum Gasteiger partial charge on any atom is -0.363 e. The Morgan fingerprint density at radius 3 is 2.79 bits per heavy atom. The number of anilines is 1. The largest absolute Gasteiger partial charge is 0.363 e. The van der Waals surface area contributed by atoms with Gasteiger partial charge in [-0.05, 0) is 31.4 Å². The molecule has 7 nitrogen and oxygen atoms in total. The summed E-state index contributed by atoms with van der Waals surface area (Å²) in [5.74, 6) is 2.46. The Bertz CT molecular complexity index is 824. The molecule has 0 unspecified atom stereocenters. The highest BCUT2D eigenvalue weighted by Gasteiger charge is 2.25. The highest BCUT2D eigenvalue weighted by Crippen LogP contribution is 2.35. The summed E-state index contributed by atoms with van der Waals surface area (Å²) in [5, 5.41) is 11.6. The Morgan fingerprint density at radius 2 is 2.04 bits per heavy atom. The molecule has 0 aliphatic heterocycles. The lowest BCUT2D eigenvalue weighted by Gasteiger charge is -2.10. The van der Waals surface area contributed by atoms with Gasteiger partial charge in [-0.2, -0.15) is 0 Å². The zero-order valence-electron chi connectivity index (χ0n) is 13.6. The van der Waals surface area contributed by atoms with E-state index in [4.69, 9.17) is 0 Å². The van der Waals surface area contributed by atoms with Crippen molar-refractivity contribution in [2.75, 3.05) is 5.32 Å². The molecule has 3 heterocycles. The van der Waals surface area contributed by atoms with Gasteiger partial charge in [-0.3, -0.25) is 4.98 Å². The van der Waals surface area contributed by atoms with E-state index in [1.807, 2.05) is 24.5 Å². The van der Waals surface area contributed by atoms with Crippen LogP contribution in [0.5, 0.6) is 0 Å². The van der Waals surface area contributed by atoms with E-state index < -0.39 is 0 Å². The molecule has 0 radical (unpaired) electrons. The van der Waals surface area contributed by atoms with E-state index in [9.17, 15) is 0 Å². The number of pyridine rings is 1. The topological polar surface area (TPSA) is 81.4 Å². The normalized spacial score (nSPS) is 13.9. The molecule has 0 spiro atoms. The maximum atomic E-state index is 4.63. The molecule has 0 aromatic carbocycles. The first kappa shape index (κ1) is 14.7. The van der Waals surface area contributed by atoms with Crippen molar-refractivity contribution in [2.24, 2.45) is 0 Å². The van der Waals surface area contributed by atoms with Crippen molar-refractivity contribution < 1.29 is 0 Å². The van der Waals surface area contributed by atoms with E-state index in [1.165, 1.54) is 12.8 Å². The van der Waals surface area contributed by atoms with Gasteiger partial charge in [0.2, 0.25) is 0 Å². The monoisotopic (exact) mass is 321 g/mol. The van der Waals surface area contributed by atoms with Crippen LogP contribution < -0.4 is 5.32 Å². The van der Waals surface area contributed by atoms with Gasteiger partial charge in [-0.25, -0.2) is 9.97 Å². The number of nitrogens with one attached hydrogen (secondary N) is 1. The fraction of sp³-hybridized carbons (Fsp3) is 0.353. The SMILES string of the molecule is CCc1cc(NCc2nncn2C2CC2)nc(-c2ccncc2)n1. The Labute approximate surface area is 140 Å². The first-order valence-electron chi connectivity index (χ1n) is 8.24. The average Bonchev–Trinajstić information content (AvgIpc) is 3.38. The maximum Gasteiger partial charge on any atom is 0.161 e. The quantitative estimate of drug-likeness (QED) is 0.751. The van der Waals surface area contributed by atoms with Crippen LogP contribution in [0.3, 0.4) is 0 Å². The summed E-state index contributed by atoms with van der Waals surface area (Å²) in [4.78, 5) is 13.3. The van der Waals surface area contributed by atoms with E-state index in [-0.39, 0.29) is 0 Å². The maximum absolute atomic E-state index is 4.63. The van der Waals surface area contributed by atoms with Crippen LogP contribution >= 0.6 is 0 Å². The molecule has 0 amide bonds. The van der Waals surface area contributed by atoms with Crippen LogP contribution in [-0.2, 0) is 13.0 Å². The second-order valence-corrected chi connectivity index (χ2v) is 5.90. The minimum atomic E-state index is 0.570. The molecule has 3 aromatic heterocycles. The smallest absolute Gasteiger partial charge is 0.161 e. The number of nitrogens with zero attached hydrogens (tertiary/aromatic N) is 6. The Morgan fingerprint density at radius 1 is 1.21 bits per heavy atom. The highest BCUT2D eigenvalue weighted by atomic mass is 15.3. The van der Waals surface area contributed by atoms with Crippen molar-refractivity contribution >= 4 is 5.82 Å². The molecule has 1 N–H and O–H groups in total. The van der Waals surface area contributed by atoms with Crippen LogP contribution in [0.15, 0.2) is 36.9 Å². The number of hydrogen-bond acceptors (Lipinski definition) is 6. The molecule has 1 saturated carbocycles. The van der Waals surface area contributed by atoms with Gasteiger partial charge in [0.05, 0.1) is 6.54 Å². The molecule has 1 fully saturated rings. The van der Waals surface area contributed by atoms with Crippen molar-refractivity contribution in [3.8, 4) is 11.4 Å². The van der Waals surface area contributed by atoms with Gasteiger partial charge in [-0.1, -0.05) is 6.92 Å². The van der Waals surface area contributed by atoms with E-state index in [0.29, 0.717) is 18.4 Å². The lowest BCUT2D eigenvalue weighted by molar-refractivity contribution is 0.689. The lowest BCUT2D eigenvalue weighted by Crippen LogP contribution is -2.09. The molecule has 122 valence electrons. The second kappa shape index (κ2) is 6.35. The fourth-order valence-corrected chi connectivity index (χ4v) is 2.62. The van der Waals surface area contributed by atoms with Gasteiger partial charge in [0, 0.05) is 35.8 Å². The Hall–Kier alpha value is -2.83. The predicted molar refractivity (Wildman–Crippen MR) is 90.3 cm³/mol. The molecular formula is C17H19N7. The third kappa shape index (κ3) is 3.10. The molecule has 0 atom stereocenters. The number of aromatic nitrogens is 6. The molecule has 7 heteroatoms. The fourth-order valence-electron chi connectivity index (χ4n) is 2.62. The van der Waals surface area contributed by atoms with Crippen LogP contribution in [0.25, 0.3) is 11.4 Å². The third-order valence-corrected chi connectivity index (χ3v) is 4.10. The van der Waals surface area contributed by atoms with Crippen molar-refractivity contribution in [3.05, 3.63) is 48.4 Å². The van der Waals surface area contributed by atoms with E-state index >= 15 is 0 Å². The van der Waals surface area contributed by atoms with E-state index in [2.05, 4.69) is 42.0 Å². The van der Waals surface area contributed by atoms with Crippen molar-refractivity contribution in [1.29, 1.82) is 0 Å². The molecule has 0 saturated heterocycles. The molecular weight excluding hydrogens is 302 g/mol. The summed E-state index contributed by atoms with van der Waals surface area (Å²) in [6.07, 6.45) is 8.60. The average molecular weight is 321 g/mol. The van der Waals surface area contributed by atoms with E-state index in [1.54, 1.807) is 12.4 Å². The molecule has 0 bridgehead atoms. The number of hydrogen-bond donors (Lipinski definition) is 1. The van der Waals surface area contributed by atoms with Crippen molar-refractivity contribution in [3.63, 3.8) is 0 Å². The predicted octanol–water partition coefficient (Wildman–Crippen LogP) is 2.64. The molecule has 3 aromatic rings. The van der Waals surface area contributed by atoms with Crippen molar-refractivity contribution in [1.82, 2.24) is 29.7 Å². The Balaban J connectivity index is 1.57.